The van der Waals surface area contributed by atoms with Crippen molar-refractivity contribution in [1.29, 1.82) is 0 Å². The van der Waals surface area contributed by atoms with Crippen molar-refractivity contribution in [2.24, 2.45) is 5.73 Å². The maximum absolute atomic E-state index is 10.4. The van der Waals surface area contributed by atoms with Crippen molar-refractivity contribution in [2.45, 2.75) is 13.3 Å². The summed E-state index contributed by atoms with van der Waals surface area (Å²) in [5.74, 6) is -0.261. The van der Waals surface area contributed by atoms with Gasteiger partial charge in [0.25, 0.3) is 0 Å². The van der Waals surface area contributed by atoms with Crippen LogP contribution in [0, 0.1) is 0 Å². The zero-order valence-electron chi connectivity index (χ0n) is 6.22. The van der Waals surface area contributed by atoms with Crippen molar-refractivity contribution in [3.8, 4) is 0 Å². The van der Waals surface area contributed by atoms with Gasteiger partial charge in [-0.05, 0) is 0 Å². The Kier molecular flexibility index (Phi) is 22.2. The summed E-state index contributed by atoms with van der Waals surface area (Å²) in [7, 11) is 0. The van der Waals surface area contributed by atoms with Crippen LogP contribution in [0.25, 0.3) is 0 Å². The molecule has 3 N–H and O–H groups in total. The minimum Gasteiger partial charge on any atom is 0 e. The van der Waals surface area contributed by atoms with E-state index in [1.807, 2.05) is 0 Å². The first kappa shape index (κ1) is 17.9. The zero-order valence-corrected chi connectivity index (χ0v) is 9.19. The van der Waals surface area contributed by atoms with Gasteiger partial charge in [-0.1, -0.05) is 6.92 Å². The Morgan fingerprint density at radius 3 is 2.55 bits per heavy atom. The van der Waals surface area contributed by atoms with Gasteiger partial charge < -0.3 is 10.6 Å². The van der Waals surface area contributed by atoms with Crippen molar-refractivity contribution >= 4 is 35.5 Å². The van der Waals surface area contributed by atoms with E-state index in [1.54, 1.807) is 6.92 Å². The second-order valence-electron chi connectivity index (χ2n) is 1.51. The first-order valence-electron chi connectivity index (χ1n) is 2.93. The maximum atomic E-state index is 10.4. The molecule has 0 aromatic rings. The molecule has 0 radical (unpaired) electrons. The van der Waals surface area contributed by atoms with Gasteiger partial charge in [0.2, 0.25) is 0 Å². The molecular weight excluding hydrogens is 208 g/mol. The first-order valence-corrected chi connectivity index (χ1v) is 2.93. The third-order valence-electron chi connectivity index (χ3n) is 0.721. The average Bonchev–Trinajstić information content (AvgIpc) is 1.89. The summed E-state index contributed by atoms with van der Waals surface area (Å²) in [5, 5.41) is 0. The van der Waals surface area contributed by atoms with E-state index in [4.69, 9.17) is 5.73 Å². The molecule has 0 aliphatic rings. The molecule has 0 saturated heterocycles. The number of hydrogen-bond donors (Lipinski definition) is 2. The fourth-order valence-electron chi connectivity index (χ4n) is 0.263. The molecule has 0 atom stereocenters. The van der Waals surface area contributed by atoms with Crippen LogP contribution in [0.2, 0.25) is 0 Å². The van der Waals surface area contributed by atoms with E-state index in [2.05, 4.69) is 10.3 Å². The van der Waals surface area contributed by atoms with Gasteiger partial charge in [-0.2, -0.15) is 5.48 Å². The molecule has 6 heteroatoms. The Morgan fingerprint density at radius 2 is 2.18 bits per heavy atom. The molecule has 0 bridgehead atoms. The average molecular weight is 222 g/mol. The zero-order chi connectivity index (χ0) is 7.11. The van der Waals surface area contributed by atoms with E-state index in [0.717, 1.165) is 0 Å². The van der Waals surface area contributed by atoms with E-state index in [1.165, 1.54) is 0 Å². The van der Waals surface area contributed by atoms with Crippen LogP contribution in [-0.2, 0) is 29.1 Å². The van der Waals surface area contributed by atoms with Gasteiger partial charge in [-0.15, -0.1) is 0 Å². The molecule has 0 fully saturated rings. The molecular formula is C5H13N2NaO2Zn. The van der Waals surface area contributed by atoms with Gasteiger partial charge in [0.1, 0.15) is 0 Å². The predicted octanol–water partition coefficient (Wildman–Crippen LogP) is -1.25. The molecule has 0 aromatic heterocycles. The molecule has 0 amide bonds. The summed E-state index contributed by atoms with van der Waals surface area (Å²) in [6.45, 7) is 2.70. The molecule has 0 aliphatic carbocycles. The number of hydrogen-bond acceptors (Lipinski definition) is 4. The van der Waals surface area contributed by atoms with E-state index in [0.29, 0.717) is 19.5 Å². The van der Waals surface area contributed by atoms with Crippen LogP contribution in [0.3, 0.4) is 0 Å². The Morgan fingerprint density at radius 1 is 1.64 bits per heavy atom. The Hall–Kier alpha value is 1.01. The van der Waals surface area contributed by atoms with E-state index in [9.17, 15) is 4.79 Å². The number of nitrogens with one attached hydrogen (secondary N) is 1. The third kappa shape index (κ3) is 13.9. The fraction of sp³-hybridized carbons (Fsp3) is 0.800. The molecule has 11 heavy (non-hydrogen) atoms. The van der Waals surface area contributed by atoms with Gasteiger partial charge in [0.05, 0.1) is 0 Å². The van der Waals surface area contributed by atoms with Gasteiger partial charge in [0, 0.05) is 39.0 Å². The fourth-order valence-corrected chi connectivity index (χ4v) is 0.263. The quantitative estimate of drug-likeness (QED) is 0.354. The Balaban J connectivity index is -0.000000320. The monoisotopic (exact) mass is 220 g/mol. The summed E-state index contributed by atoms with van der Waals surface area (Å²) in [5.41, 5.74) is 7.51. The largest absolute Gasteiger partial charge is 0 e. The van der Waals surface area contributed by atoms with Crippen molar-refractivity contribution in [3.63, 3.8) is 0 Å². The standard InChI is InChI=1S/C5H12N2O2.Na.Zn.H/c1-2-5(8)9-7-4-3-6;;;/h7H,2-4,6H2,1H3;;;. The number of carbonyl (C=O) groups excluding carboxylic acids is 1. The normalized spacial score (nSPS) is 7.45. The second-order valence-corrected chi connectivity index (χ2v) is 1.51. The first-order chi connectivity index (χ1) is 4.31. The minimum atomic E-state index is -0.261. The maximum Gasteiger partial charge on any atom is 0 e. The Labute approximate surface area is 102 Å². The van der Waals surface area contributed by atoms with Crippen LogP contribution in [0.4, 0.5) is 0 Å². The molecule has 0 heterocycles. The topological polar surface area (TPSA) is 64.3 Å². The van der Waals surface area contributed by atoms with Crippen LogP contribution in [-0.4, -0.2) is 48.6 Å². The number of nitrogens with two attached hydrogens (primary N) is 1. The van der Waals surface area contributed by atoms with Crippen LogP contribution < -0.4 is 11.2 Å². The molecule has 0 spiro atoms. The van der Waals surface area contributed by atoms with Crippen molar-refractivity contribution in [2.75, 3.05) is 13.1 Å². The van der Waals surface area contributed by atoms with Gasteiger partial charge >= 0.3 is 35.5 Å². The summed E-state index contributed by atoms with van der Waals surface area (Å²) in [4.78, 5) is 14.8. The molecule has 0 aromatic carbocycles. The van der Waals surface area contributed by atoms with Crippen molar-refractivity contribution in [3.05, 3.63) is 0 Å². The summed E-state index contributed by atoms with van der Waals surface area (Å²) >= 11 is 0. The van der Waals surface area contributed by atoms with E-state index < -0.39 is 0 Å². The molecule has 4 nitrogen and oxygen atoms in total. The number of carbonyl (C=O) groups is 1. The van der Waals surface area contributed by atoms with Crippen molar-refractivity contribution < 1.29 is 29.1 Å². The molecule has 0 rings (SSSR count). The third-order valence-corrected chi connectivity index (χ3v) is 0.721. The SMILES string of the molecule is CCC(=O)ONCCN.[NaH].[Zn]. The van der Waals surface area contributed by atoms with E-state index >= 15 is 0 Å². The van der Waals surface area contributed by atoms with Crippen molar-refractivity contribution in [1.82, 2.24) is 5.48 Å². The van der Waals surface area contributed by atoms with E-state index in [-0.39, 0.29) is 55.0 Å². The molecule has 0 saturated carbocycles. The summed E-state index contributed by atoms with van der Waals surface area (Å²) < 4.78 is 0. The van der Waals surface area contributed by atoms with Crippen LogP contribution in [0.1, 0.15) is 13.3 Å². The predicted molar refractivity (Wildman–Crippen MR) is 40.6 cm³/mol. The Bertz CT molecular complexity index is 94.6. The summed E-state index contributed by atoms with van der Waals surface area (Å²) in [6, 6.07) is 0. The van der Waals surface area contributed by atoms with Gasteiger partial charge in [0.15, 0.2) is 0 Å². The second kappa shape index (κ2) is 13.6. The number of hydroxylamine groups is 1. The molecule has 0 aliphatic heterocycles. The smallest absolute Gasteiger partial charge is 0 e. The van der Waals surface area contributed by atoms with Crippen LogP contribution >= 0.6 is 0 Å². The number of rotatable bonds is 4. The molecule has 58 valence electrons. The van der Waals surface area contributed by atoms with Crippen LogP contribution in [0.15, 0.2) is 0 Å². The van der Waals surface area contributed by atoms with Crippen LogP contribution in [0.5, 0.6) is 0 Å². The van der Waals surface area contributed by atoms with Gasteiger partial charge in [-0.25, -0.2) is 0 Å². The summed E-state index contributed by atoms with van der Waals surface area (Å²) in [6.07, 6.45) is 0.386. The molecule has 0 unspecified atom stereocenters. The minimum absolute atomic E-state index is 0. The van der Waals surface area contributed by atoms with Gasteiger partial charge in [-0.3, -0.25) is 4.79 Å².